The Hall–Kier alpha value is -10.8. The summed E-state index contributed by atoms with van der Waals surface area (Å²) in [6.45, 7) is 17.9. The van der Waals surface area contributed by atoms with E-state index < -0.39 is 94.7 Å². The Bertz CT molecular complexity index is 6130. The van der Waals surface area contributed by atoms with Crippen LogP contribution >= 0.6 is 0 Å². The molecule has 2 unspecified atom stereocenters. The van der Waals surface area contributed by atoms with E-state index in [4.69, 9.17) is 5.11 Å². The van der Waals surface area contributed by atoms with Crippen LogP contribution < -0.4 is 75.1 Å². The highest BCUT2D eigenvalue weighted by Crippen LogP contribution is 2.40. The number of aryl methyl sites for hydroxylation is 7. The van der Waals surface area contributed by atoms with Gasteiger partial charge in [0.15, 0.2) is 45.7 Å². The summed E-state index contributed by atoms with van der Waals surface area (Å²) in [6.07, 6.45) is 0.442. The number of nitrogens with zero attached hydrogens (tertiary/aromatic N) is 13. The average Bonchev–Trinajstić information content (AvgIpc) is 1.00. The summed E-state index contributed by atoms with van der Waals surface area (Å²) >= 11 is 0. The van der Waals surface area contributed by atoms with Crippen molar-refractivity contribution in [3.8, 4) is 34.6 Å². The third kappa shape index (κ3) is 19.9. The molecule has 42 heteroatoms. The van der Waals surface area contributed by atoms with Crippen LogP contribution in [0.5, 0.6) is 0 Å². The Morgan fingerprint density at radius 3 is 1.40 bits per heavy atom. The topological polar surface area (TPSA) is 470 Å². The smallest absolute Gasteiger partial charge is 0.394 e. The van der Waals surface area contributed by atoms with Gasteiger partial charge in [0.1, 0.15) is 43.2 Å². The van der Waals surface area contributed by atoms with E-state index in [1.165, 1.54) is 12.8 Å². The number of anilines is 3. The number of nitrogens with one attached hydrogen (secondary N) is 8. The quantitative estimate of drug-likeness (QED) is 0.0160. The average molecular weight is 1670 g/mol. The molecule has 0 saturated heterocycles. The molecule has 1 saturated carbocycles. The van der Waals surface area contributed by atoms with Crippen molar-refractivity contribution in [2.45, 2.75) is 149 Å². The summed E-state index contributed by atoms with van der Waals surface area (Å²) < 4.78 is 110. The van der Waals surface area contributed by atoms with Crippen LogP contribution in [0, 0.1) is 48.5 Å². The summed E-state index contributed by atoms with van der Waals surface area (Å²) in [5.74, 6) is 6.00. The maximum absolute atomic E-state index is 13.2. The van der Waals surface area contributed by atoms with E-state index in [1.807, 2.05) is 111 Å². The highest BCUT2D eigenvalue weighted by Gasteiger charge is 2.41. The van der Waals surface area contributed by atoms with Crippen LogP contribution in [0.15, 0.2) is 87.1 Å². The molecule has 0 bridgehead atoms. The minimum absolute atomic E-state index is 0. The van der Waals surface area contributed by atoms with E-state index in [2.05, 4.69) is 88.8 Å². The molecular formula is C75H91F6N21O13S2. The summed E-state index contributed by atoms with van der Waals surface area (Å²) in [6, 6.07) is 15.3. The van der Waals surface area contributed by atoms with E-state index in [1.54, 1.807) is 18.6 Å². The lowest BCUT2D eigenvalue weighted by Gasteiger charge is -2.32. The molecule has 1 aliphatic carbocycles. The summed E-state index contributed by atoms with van der Waals surface area (Å²) in [7, 11) is -8.92. The molecule has 117 heavy (non-hydrogen) atoms. The highest BCUT2D eigenvalue weighted by atomic mass is 32.2. The van der Waals surface area contributed by atoms with Gasteiger partial charge in [-0.2, -0.15) is 41.3 Å². The van der Waals surface area contributed by atoms with Gasteiger partial charge in [-0.3, -0.25) is 39.0 Å². The third-order valence-electron chi connectivity index (χ3n) is 20.2. The van der Waals surface area contributed by atoms with E-state index in [0.717, 1.165) is 57.5 Å². The molecule has 0 radical (unpaired) electrons. The van der Waals surface area contributed by atoms with Gasteiger partial charge in [-0.1, -0.05) is 26.8 Å². The zero-order chi connectivity index (χ0) is 84.4. The van der Waals surface area contributed by atoms with Crippen LogP contribution in [0.4, 0.5) is 49.2 Å². The van der Waals surface area contributed by atoms with E-state index >= 15 is 0 Å². The van der Waals surface area contributed by atoms with E-state index in [9.17, 15) is 83.6 Å². The van der Waals surface area contributed by atoms with Crippen molar-refractivity contribution >= 4 is 93.7 Å². The molecule has 628 valence electrons. The fourth-order valence-electron chi connectivity index (χ4n) is 13.4. The molecular weight excluding hydrogens is 1580 g/mol. The van der Waals surface area contributed by atoms with Gasteiger partial charge < -0.3 is 54.6 Å². The second-order valence-corrected chi connectivity index (χ2v) is 32.7. The lowest BCUT2D eigenvalue weighted by atomic mass is 10.0. The number of alkyl halides is 6. The van der Waals surface area contributed by atoms with Gasteiger partial charge >= 0.3 is 28.1 Å². The Balaban J connectivity index is 0.000000193. The number of hydrogen-bond acceptors (Lipinski definition) is 25. The van der Waals surface area contributed by atoms with Crippen molar-refractivity contribution in [2.75, 3.05) is 69.2 Å². The first-order chi connectivity index (χ1) is 54.6. The number of H-pyrrole nitrogens is 4. The standard InChI is InChI=1S/C33H35F3N10O5S.C22H29N5O5.C19H23F3N6O3S.CH4/c1-17-13-21-23(15-19(17)3)45(27-25(38-21)29(47)42-31(49)40-27)11-9-44(8-6-7-37-52(5,51)33(34,35)36)10-12-46-24-16-20(4)18(2)14-22(24)39-26-28(46)41-32(50)43-30(26)48;1-11-7-15-16(8-14(11)25-13-5-3-4-6-13)27(9-17(29)20(31)18(30)10-28)21-19(26-15)22(32)24-12(2)23-21;1-11-9-13-14(10-12(11)2)28(16-15(25-13)17(29)27-18(30)26-16)8-7-23-5-4-6-24-32(3,31)19(20,21)22;/h13-16H,5-12H2,1-4H3,(H,37,51)(H,42,47,49)(H,43,48,50);7-8,13,17-18,20,25,28-31H,2-6,9-10H2,1H3,(H,24,32);9-10,23H,3-8H2,1-2H3,(H,24,31)(H,27,29,30);1H4/t;17-,18+,20-;;/m.0../s1. The van der Waals surface area contributed by atoms with Crippen molar-refractivity contribution in [3.05, 3.63) is 171 Å². The van der Waals surface area contributed by atoms with Crippen molar-refractivity contribution in [3.63, 3.8) is 0 Å². The number of β-amino-alcohol motifs (C(OH)–C–C–N with tert-alkyl or cyclic N) is 1. The SMILES string of the molecule is C.C=S(=O)(NCCCN(CCn1c2nc(=O)[nH]c(=O)c-2nc2cc(C)c(C)cc21)CCn1c2nc(=O)[nH]c(=O)c-2nc2cc(C)c(C)cc21)C(F)(F)F.C=S(=O)(NCCCNCCn1c2nc(=O)[nH]c(=O)c-2nc2cc(C)c(C)cc21)C(F)(F)F.C=c1nc2c(c(=O)[nH]1)=Nc1cc(C)c(NC3CCCC3)cc1N2C[C@H](O)[C@H](O)[C@H](O)CO. The number of benzene rings is 4. The van der Waals surface area contributed by atoms with Gasteiger partial charge in [0.25, 0.3) is 22.2 Å². The minimum atomic E-state index is -5.03. The van der Waals surface area contributed by atoms with Gasteiger partial charge in [-0.15, -0.1) is 0 Å². The van der Waals surface area contributed by atoms with Crippen molar-refractivity contribution < 1.29 is 55.2 Å². The summed E-state index contributed by atoms with van der Waals surface area (Å²) in [5.41, 5.74) is -2.59. The number of aliphatic hydroxyl groups is 4. The van der Waals surface area contributed by atoms with Crippen molar-refractivity contribution in [1.82, 2.24) is 88.2 Å². The van der Waals surface area contributed by atoms with E-state index in [0.29, 0.717) is 70.2 Å². The van der Waals surface area contributed by atoms with Gasteiger partial charge in [-0.05, 0) is 186 Å². The molecule has 0 spiro atoms. The molecule has 8 heterocycles. The molecule has 1 aromatic heterocycles. The maximum atomic E-state index is 13.2. The number of halogens is 6. The number of aliphatic hydroxyl groups excluding tert-OH is 4. The fourth-order valence-corrected chi connectivity index (χ4v) is 14.7. The maximum Gasteiger partial charge on any atom is 0.476 e. The molecule has 13 rings (SSSR count). The normalized spacial score (nSPS) is 14.9. The molecule has 0 amide bonds. The lowest BCUT2D eigenvalue weighted by molar-refractivity contribution is -0.0726. The number of aromatic nitrogens is 14. The third-order valence-corrected chi connectivity index (χ3v) is 23.0. The number of hydrogen-bond donors (Lipinski definition) is 12. The zero-order valence-corrected chi connectivity index (χ0v) is 65.8. The molecule has 12 N–H and O–H groups in total. The van der Waals surface area contributed by atoms with Crippen LogP contribution in [0.2, 0.25) is 0 Å². The van der Waals surface area contributed by atoms with Crippen LogP contribution in [0.1, 0.15) is 84.9 Å². The summed E-state index contributed by atoms with van der Waals surface area (Å²) in [5, 5.41) is 46.4. The predicted octanol–water partition coefficient (Wildman–Crippen LogP) is 2.73. The Kier molecular flexibility index (Phi) is 27.2. The van der Waals surface area contributed by atoms with Crippen LogP contribution in [0.3, 0.4) is 0 Å². The molecule has 8 aliphatic rings. The highest BCUT2D eigenvalue weighted by molar-refractivity contribution is 7.99. The van der Waals surface area contributed by atoms with Crippen molar-refractivity contribution in [1.29, 1.82) is 0 Å². The number of rotatable bonds is 26. The Morgan fingerprint density at radius 2 is 0.966 bits per heavy atom. The molecule has 7 aliphatic heterocycles. The van der Waals surface area contributed by atoms with Gasteiger partial charge in [-0.25, -0.2) is 57.2 Å². The minimum Gasteiger partial charge on any atom is -0.394 e. The second kappa shape index (κ2) is 36.0. The first-order valence-corrected chi connectivity index (χ1v) is 40.1. The van der Waals surface area contributed by atoms with E-state index in [-0.39, 0.29) is 124 Å². The zero-order valence-electron chi connectivity index (χ0n) is 64.1. The Morgan fingerprint density at radius 1 is 0.538 bits per heavy atom. The second-order valence-electron chi connectivity index (χ2n) is 28.5. The Labute approximate surface area is 663 Å². The summed E-state index contributed by atoms with van der Waals surface area (Å²) in [4.78, 5) is 134. The molecule has 1 fully saturated rings. The monoisotopic (exact) mass is 1670 g/mol. The molecule has 4 aromatic carbocycles. The van der Waals surface area contributed by atoms with Gasteiger partial charge in [0.2, 0.25) is 0 Å². The first-order valence-electron chi connectivity index (χ1n) is 36.7. The van der Waals surface area contributed by atoms with Gasteiger partial charge in [0, 0.05) is 64.1 Å². The first kappa shape index (κ1) is 88.5. The van der Waals surface area contributed by atoms with Crippen LogP contribution in [-0.2, 0) is 39.0 Å². The van der Waals surface area contributed by atoms with Crippen molar-refractivity contribution in [2.24, 2.45) is 4.99 Å². The van der Waals surface area contributed by atoms with Crippen LogP contribution in [0.25, 0.3) is 74.2 Å². The number of fused-ring (bicyclic) bond motifs is 8. The largest absolute Gasteiger partial charge is 0.476 e. The lowest BCUT2D eigenvalue weighted by Crippen LogP contribution is -2.48. The molecule has 5 aromatic rings. The molecule has 34 nitrogen and oxygen atoms in total. The van der Waals surface area contributed by atoms with Crippen LogP contribution in [-0.4, -0.2) is 208 Å². The number of aromatic amines is 4. The fraction of sp³-hybridized carbons (Fsp3) is 0.427. The molecule has 5 atom stereocenters. The predicted molar refractivity (Wildman–Crippen MR) is 435 cm³/mol. The van der Waals surface area contributed by atoms with Gasteiger partial charge in [0.05, 0.1) is 57.6 Å².